The summed E-state index contributed by atoms with van der Waals surface area (Å²) in [6, 6.07) is 11.8. The highest BCUT2D eigenvalue weighted by Gasteiger charge is 2.16. The minimum atomic E-state index is -0.0694. The van der Waals surface area contributed by atoms with Crippen molar-refractivity contribution in [3.8, 4) is 17.0 Å². The van der Waals surface area contributed by atoms with Gasteiger partial charge in [-0.05, 0) is 43.7 Å². The lowest BCUT2D eigenvalue weighted by Crippen LogP contribution is -1.97. The van der Waals surface area contributed by atoms with Crippen molar-refractivity contribution in [2.24, 2.45) is 0 Å². The van der Waals surface area contributed by atoms with E-state index in [0.717, 1.165) is 33.9 Å². The molecule has 0 aliphatic heterocycles. The quantitative estimate of drug-likeness (QED) is 0.799. The molecule has 0 saturated heterocycles. The van der Waals surface area contributed by atoms with Gasteiger partial charge in [0, 0.05) is 11.8 Å². The molecular formula is C17H18N2O2. The minimum Gasteiger partial charge on any atom is -0.493 e. The molecule has 3 rings (SSSR count). The molecular weight excluding hydrogens is 264 g/mol. The fourth-order valence-corrected chi connectivity index (χ4v) is 2.51. The van der Waals surface area contributed by atoms with Gasteiger partial charge < -0.3 is 14.2 Å². The molecule has 21 heavy (non-hydrogen) atoms. The Balaban J connectivity index is 2.25. The number of rotatable bonds is 4. The van der Waals surface area contributed by atoms with Crippen molar-refractivity contribution in [3.63, 3.8) is 0 Å². The normalized spacial score (nSPS) is 11.0. The molecule has 4 nitrogen and oxygen atoms in total. The molecule has 1 aromatic carbocycles. The number of ether oxygens (including phenoxy) is 1. The monoisotopic (exact) mass is 282 g/mol. The summed E-state index contributed by atoms with van der Waals surface area (Å²) < 4.78 is 7.60. The van der Waals surface area contributed by atoms with Gasteiger partial charge in [-0.15, -0.1) is 0 Å². The molecule has 0 radical (unpaired) electrons. The van der Waals surface area contributed by atoms with Crippen LogP contribution in [0.4, 0.5) is 0 Å². The Morgan fingerprint density at radius 2 is 2.05 bits per heavy atom. The molecule has 0 atom stereocenters. The molecule has 0 unspecified atom stereocenters. The third-order valence-corrected chi connectivity index (χ3v) is 3.47. The summed E-state index contributed by atoms with van der Waals surface area (Å²) in [5.41, 5.74) is 4.43. The van der Waals surface area contributed by atoms with E-state index >= 15 is 0 Å². The lowest BCUT2D eigenvalue weighted by Gasteiger charge is -2.09. The lowest BCUT2D eigenvalue weighted by molar-refractivity contribution is 0.276. The molecule has 4 heteroatoms. The number of para-hydroxylation sites is 1. The zero-order chi connectivity index (χ0) is 14.8. The molecule has 2 aromatic heterocycles. The highest BCUT2D eigenvalue weighted by atomic mass is 16.5. The number of aryl methyl sites for hydroxylation is 1. The second kappa shape index (κ2) is 5.58. The Bertz CT molecular complexity index is 778. The first-order chi connectivity index (χ1) is 10.2. The molecule has 0 fully saturated rings. The molecule has 0 aliphatic carbocycles. The molecule has 108 valence electrons. The van der Waals surface area contributed by atoms with Crippen molar-refractivity contribution in [1.82, 2.24) is 9.38 Å². The Morgan fingerprint density at radius 1 is 1.24 bits per heavy atom. The van der Waals surface area contributed by atoms with Gasteiger partial charge >= 0.3 is 0 Å². The van der Waals surface area contributed by atoms with Gasteiger partial charge in [-0.25, -0.2) is 4.98 Å². The third-order valence-electron chi connectivity index (χ3n) is 3.47. The summed E-state index contributed by atoms with van der Waals surface area (Å²) >= 11 is 0. The number of hydrogen-bond donors (Lipinski definition) is 1. The highest BCUT2D eigenvalue weighted by molar-refractivity contribution is 5.72. The molecule has 0 saturated carbocycles. The van der Waals surface area contributed by atoms with E-state index in [4.69, 9.17) is 4.74 Å². The lowest BCUT2D eigenvalue weighted by atomic mass is 10.1. The van der Waals surface area contributed by atoms with Gasteiger partial charge in [-0.2, -0.15) is 0 Å². The van der Waals surface area contributed by atoms with Crippen LogP contribution in [0.5, 0.6) is 5.75 Å². The van der Waals surface area contributed by atoms with Crippen LogP contribution in [0, 0.1) is 6.92 Å². The maximum atomic E-state index is 9.76. The van der Waals surface area contributed by atoms with Crippen LogP contribution in [0.3, 0.4) is 0 Å². The third kappa shape index (κ3) is 2.38. The van der Waals surface area contributed by atoms with Gasteiger partial charge in [-0.1, -0.05) is 12.1 Å². The Morgan fingerprint density at radius 3 is 2.81 bits per heavy atom. The first-order valence-corrected chi connectivity index (χ1v) is 7.05. The first kappa shape index (κ1) is 13.6. The zero-order valence-corrected chi connectivity index (χ0v) is 12.2. The van der Waals surface area contributed by atoms with E-state index in [-0.39, 0.29) is 6.61 Å². The van der Waals surface area contributed by atoms with Gasteiger partial charge in [0.25, 0.3) is 0 Å². The highest BCUT2D eigenvalue weighted by Crippen LogP contribution is 2.32. The second-order valence-corrected chi connectivity index (χ2v) is 4.93. The van der Waals surface area contributed by atoms with E-state index in [1.54, 1.807) is 0 Å². The van der Waals surface area contributed by atoms with Crippen LogP contribution in [0.25, 0.3) is 16.9 Å². The second-order valence-electron chi connectivity index (χ2n) is 4.93. The summed E-state index contributed by atoms with van der Waals surface area (Å²) in [7, 11) is 0. The number of imidazole rings is 1. The van der Waals surface area contributed by atoms with E-state index < -0.39 is 0 Å². The summed E-state index contributed by atoms with van der Waals surface area (Å²) in [4.78, 5) is 4.68. The van der Waals surface area contributed by atoms with Gasteiger partial charge in [0.15, 0.2) is 0 Å². The number of benzene rings is 1. The number of aliphatic hydroxyl groups is 1. The number of pyridine rings is 1. The van der Waals surface area contributed by atoms with Crippen molar-refractivity contribution in [1.29, 1.82) is 0 Å². The van der Waals surface area contributed by atoms with Crippen molar-refractivity contribution in [2.45, 2.75) is 20.5 Å². The van der Waals surface area contributed by atoms with Crippen molar-refractivity contribution in [2.75, 3.05) is 6.61 Å². The summed E-state index contributed by atoms with van der Waals surface area (Å²) in [5.74, 6) is 0.787. The van der Waals surface area contributed by atoms with Crippen LogP contribution in [-0.4, -0.2) is 21.1 Å². The fourth-order valence-electron chi connectivity index (χ4n) is 2.51. The van der Waals surface area contributed by atoms with Gasteiger partial charge in [0.05, 0.1) is 24.6 Å². The van der Waals surface area contributed by atoms with Crippen molar-refractivity contribution in [3.05, 3.63) is 53.9 Å². The van der Waals surface area contributed by atoms with Crippen molar-refractivity contribution >= 4 is 5.65 Å². The SMILES string of the molecule is CCOc1ccccc1-c1nc2cc(C)ccn2c1CO. The van der Waals surface area contributed by atoms with Crippen LogP contribution < -0.4 is 4.74 Å². The summed E-state index contributed by atoms with van der Waals surface area (Å²) in [5, 5.41) is 9.76. The number of hydrogen-bond acceptors (Lipinski definition) is 3. The zero-order valence-electron chi connectivity index (χ0n) is 12.2. The van der Waals surface area contributed by atoms with E-state index in [9.17, 15) is 5.11 Å². The molecule has 3 aromatic rings. The average molecular weight is 282 g/mol. The van der Waals surface area contributed by atoms with Crippen LogP contribution in [0.2, 0.25) is 0 Å². The fraction of sp³-hybridized carbons (Fsp3) is 0.235. The first-order valence-electron chi connectivity index (χ1n) is 7.05. The Kier molecular flexibility index (Phi) is 3.62. The maximum Gasteiger partial charge on any atom is 0.138 e. The van der Waals surface area contributed by atoms with Crippen LogP contribution >= 0.6 is 0 Å². The molecule has 0 bridgehead atoms. The van der Waals surface area contributed by atoms with E-state index in [1.807, 2.05) is 60.8 Å². The number of aliphatic hydroxyl groups excluding tert-OH is 1. The molecule has 1 N–H and O–H groups in total. The van der Waals surface area contributed by atoms with E-state index in [0.29, 0.717) is 6.61 Å². The predicted molar refractivity (Wildman–Crippen MR) is 82.5 cm³/mol. The van der Waals surface area contributed by atoms with E-state index in [2.05, 4.69) is 4.98 Å². The molecule has 0 amide bonds. The Hall–Kier alpha value is -2.33. The van der Waals surface area contributed by atoms with Gasteiger partial charge in [0.1, 0.15) is 11.4 Å². The minimum absolute atomic E-state index is 0.0694. The number of aromatic nitrogens is 2. The van der Waals surface area contributed by atoms with Crippen LogP contribution in [0.15, 0.2) is 42.6 Å². The van der Waals surface area contributed by atoms with Crippen LogP contribution in [0.1, 0.15) is 18.2 Å². The average Bonchev–Trinajstić information content (AvgIpc) is 2.85. The van der Waals surface area contributed by atoms with Gasteiger partial charge in [-0.3, -0.25) is 0 Å². The summed E-state index contributed by atoms with van der Waals surface area (Å²) in [6.45, 7) is 4.51. The molecule has 2 heterocycles. The Labute approximate surface area is 123 Å². The van der Waals surface area contributed by atoms with E-state index in [1.165, 1.54) is 0 Å². The number of nitrogens with zero attached hydrogens (tertiary/aromatic N) is 2. The summed E-state index contributed by atoms with van der Waals surface area (Å²) in [6.07, 6.45) is 1.94. The topological polar surface area (TPSA) is 46.8 Å². The number of fused-ring (bicyclic) bond motifs is 1. The van der Waals surface area contributed by atoms with Crippen LogP contribution in [-0.2, 0) is 6.61 Å². The van der Waals surface area contributed by atoms with Crippen molar-refractivity contribution < 1.29 is 9.84 Å². The smallest absolute Gasteiger partial charge is 0.138 e. The predicted octanol–water partition coefficient (Wildman–Crippen LogP) is 3.20. The van der Waals surface area contributed by atoms with Gasteiger partial charge in [0.2, 0.25) is 0 Å². The molecule has 0 spiro atoms. The molecule has 0 aliphatic rings. The maximum absolute atomic E-state index is 9.76. The largest absolute Gasteiger partial charge is 0.493 e. The standard InChI is InChI=1S/C17H18N2O2/c1-3-21-15-7-5-4-6-13(15)17-14(11-20)19-9-8-12(2)10-16(19)18-17/h4-10,20H,3,11H2,1-2H3.